The molecule has 200 valence electrons. The highest BCUT2D eigenvalue weighted by molar-refractivity contribution is 5.99. The Morgan fingerprint density at radius 3 is 2.33 bits per heavy atom. The summed E-state index contributed by atoms with van der Waals surface area (Å²) < 4.78 is 27.1. The lowest BCUT2D eigenvalue weighted by Crippen LogP contribution is -2.37. The Bertz CT molecular complexity index is 1530. The molecule has 1 saturated carbocycles. The molecular weight excluding hydrogens is 493 g/mol. The van der Waals surface area contributed by atoms with E-state index in [1.54, 1.807) is 20.3 Å². The van der Waals surface area contributed by atoms with E-state index in [4.69, 9.17) is 9.47 Å². The summed E-state index contributed by atoms with van der Waals surface area (Å²) in [4.78, 5) is 20.5. The van der Waals surface area contributed by atoms with Gasteiger partial charge >= 0.3 is 0 Å². The van der Waals surface area contributed by atoms with Crippen molar-refractivity contribution in [2.24, 2.45) is 0 Å². The van der Waals surface area contributed by atoms with Gasteiger partial charge in [0.25, 0.3) is 5.91 Å². The Hall–Kier alpha value is -4.13. The lowest BCUT2D eigenvalue weighted by Gasteiger charge is -2.31. The quantitative estimate of drug-likeness (QED) is 0.277. The minimum absolute atomic E-state index is 0.00560. The number of methoxy groups -OCH3 is 2. The number of ether oxygens (including phenoxy) is 2. The average molecular weight is 526 g/mol. The van der Waals surface area contributed by atoms with Crippen LogP contribution in [-0.2, 0) is 19.5 Å². The normalized spacial score (nSPS) is 14.9. The van der Waals surface area contributed by atoms with Crippen LogP contribution in [0, 0.1) is 12.7 Å². The van der Waals surface area contributed by atoms with Crippen LogP contribution >= 0.6 is 0 Å². The van der Waals surface area contributed by atoms with Crippen molar-refractivity contribution in [2.45, 2.75) is 45.2 Å². The van der Waals surface area contributed by atoms with Gasteiger partial charge in [0.1, 0.15) is 23.1 Å². The molecule has 1 aliphatic heterocycles. The molecule has 0 spiro atoms. The van der Waals surface area contributed by atoms with Crippen LogP contribution in [0.4, 0.5) is 4.39 Å². The molecule has 0 bridgehead atoms. The van der Waals surface area contributed by atoms with Crippen molar-refractivity contribution in [3.05, 3.63) is 100 Å². The number of aromatic nitrogens is 2. The van der Waals surface area contributed by atoms with Gasteiger partial charge in [-0.1, -0.05) is 6.07 Å². The Morgan fingerprint density at radius 2 is 1.64 bits per heavy atom. The number of amides is 1. The molecule has 0 radical (unpaired) electrons. The fourth-order valence-electron chi connectivity index (χ4n) is 5.65. The third kappa shape index (κ3) is 5.01. The van der Waals surface area contributed by atoms with E-state index in [0.29, 0.717) is 49.0 Å². The molecule has 6 nitrogen and oxygen atoms in total. The maximum absolute atomic E-state index is 14.0. The second kappa shape index (κ2) is 10.2. The molecule has 0 atom stereocenters. The van der Waals surface area contributed by atoms with Crippen LogP contribution in [0.3, 0.4) is 0 Å². The largest absolute Gasteiger partial charge is 0.497 e. The monoisotopic (exact) mass is 525 g/mol. The topological polar surface area (TPSA) is 56.6 Å². The first-order valence-electron chi connectivity index (χ1n) is 13.4. The van der Waals surface area contributed by atoms with E-state index < -0.39 is 0 Å². The molecule has 4 aromatic rings. The molecule has 3 aromatic carbocycles. The molecule has 2 aliphatic rings. The molecule has 1 aromatic heterocycles. The molecule has 6 rings (SSSR count). The molecule has 7 heteroatoms. The van der Waals surface area contributed by atoms with Crippen molar-refractivity contribution in [1.29, 1.82) is 0 Å². The number of fused-ring (bicyclic) bond motifs is 1. The molecule has 1 fully saturated rings. The summed E-state index contributed by atoms with van der Waals surface area (Å²) in [5, 5.41) is 0. The van der Waals surface area contributed by atoms with Crippen LogP contribution in [0.15, 0.2) is 60.9 Å². The second-order valence-electron chi connectivity index (χ2n) is 10.5. The van der Waals surface area contributed by atoms with E-state index in [9.17, 15) is 9.18 Å². The minimum atomic E-state index is -0.260. The number of benzene rings is 3. The van der Waals surface area contributed by atoms with Crippen LogP contribution in [0.5, 0.6) is 11.5 Å². The van der Waals surface area contributed by atoms with Gasteiger partial charge < -0.3 is 18.9 Å². The van der Waals surface area contributed by atoms with Crippen LogP contribution in [0.2, 0.25) is 0 Å². The number of aryl methyl sites for hydroxylation is 1. The minimum Gasteiger partial charge on any atom is -0.497 e. The van der Waals surface area contributed by atoms with E-state index in [1.165, 1.54) is 18.9 Å². The Kier molecular flexibility index (Phi) is 6.59. The zero-order chi connectivity index (χ0) is 27.1. The van der Waals surface area contributed by atoms with Crippen molar-refractivity contribution in [2.75, 3.05) is 20.8 Å². The smallest absolute Gasteiger partial charge is 0.254 e. The summed E-state index contributed by atoms with van der Waals surface area (Å²) in [5.41, 5.74) is 6.53. The number of rotatable bonds is 8. The van der Waals surface area contributed by atoms with Crippen LogP contribution in [-0.4, -0.2) is 41.1 Å². The highest BCUT2D eigenvalue weighted by Crippen LogP contribution is 2.40. The molecular formula is C32H32FN3O3. The second-order valence-corrected chi connectivity index (χ2v) is 10.5. The van der Waals surface area contributed by atoms with Crippen LogP contribution in [0.1, 0.15) is 57.2 Å². The van der Waals surface area contributed by atoms with Gasteiger partial charge in [-0.25, -0.2) is 9.37 Å². The standard InChI is InChI=1S/C32H32FN3O3/c1-20-12-24(33)6-7-27(20)29-15-22(18-35-11-9-34-31(35)23-4-5-23)16-30-28(29)8-10-36(32(30)37)19-21-13-25(38-2)17-26(14-21)39-3/h6-7,9,11-17,23H,4-5,8,10,18-19H2,1-3H3. The molecule has 0 saturated heterocycles. The molecule has 2 heterocycles. The Balaban J connectivity index is 1.39. The number of halogens is 1. The van der Waals surface area contributed by atoms with Gasteiger partial charge in [0, 0.05) is 49.6 Å². The lowest BCUT2D eigenvalue weighted by molar-refractivity contribution is 0.0726. The Labute approximate surface area is 228 Å². The summed E-state index contributed by atoms with van der Waals surface area (Å²) >= 11 is 0. The maximum atomic E-state index is 14.0. The summed E-state index contributed by atoms with van der Waals surface area (Å²) in [6, 6.07) is 14.8. The number of hydrogen-bond acceptors (Lipinski definition) is 4. The lowest BCUT2D eigenvalue weighted by atomic mass is 9.86. The third-order valence-corrected chi connectivity index (χ3v) is 7.77. The van der Waals surface area contributed by atoms with Crippen LogP contribution < -0.4 is 9.47 Å². The molecule has 1 aliphatic carbocycles. The van der Waals surface area contributed by atoms with E-state index in [0.717, 1.165) is 39.2 Å². The molecule has 0 N–H and O–H groups in total. The van der Waals surface area contributed by atoms with E-state index in [2.05, 4.69) is 15.6 Å². The van der Waals surface area contributed by atoms with E-state index >= 15 is 0 Å². The fourth-order valence-corrected chi connectivity index (χ4v) is 5.65. The first-order chi connectivity index (χ1) is 18.9. The van der Waals surface area contributed by atoms with Crippen molar-refractivity contribution >= 4 is 5.91 Å². The maximum Gasteiger partial charge on any atom is 0.254 e. The van der Waals surface area contributed by atoms with Crippen LogP contribution in [0.25, 0.3) is 11.1 Å². The summed E-state index contributed by atoms with van der Waals surface area (Å²) in [7, 11) is 3.24. The highest BCUT2D eigenvalue weighted by atomic mass is 19.1. The SMILES string of the molecule is COc1cc(CN2CCc3c(cc(Cn4ccnc4C4CC4)cc3-c3ccc(F)cc3C)C2=O)cc(OC)c1. The highest BCUT2D eigenvalue weighted by Gasteiger charge is 2.30. The predicted molar refractivity (Wildman–Crippen MR) is 148 cm³/mol. The van der Waals surface area contributed by atoms with E-state index in [-0.39, 0.29) is 11.7 Å². The Morgan fingerprint density at radius 1 is 0.923 bits per heavy atom. The van der Waals surface area contributed by atoms with Gasteiger partial charge in [-0.3, -0.25) is 4.79 Å². The van der Waals surface area contributed by atoms with Gasteiger partial charge in [-0.05, 0) is 96.0 Å². The van der Waals surface area contributed by atoms with Gasteiger partial charge in [0.05, 0.1) is 14.2 Å². The van der Waals surface area contributed by atoms with Crippen molar-refractivity contribution in [3.63, 3.8) is 0 Å². The zero-order valence-corrected chi connectivity index (χ0v) is 22.5. The number of imidazole rings is 1. The van der Waals surface area contributed by atoms with Gasteiger partial charge in [-0.15, -0.1) is 0 Å². The van der Waals surface area contributed by atoms with Gasteiger partial charge in [0.2, 0.25) is 0 Å². The van der Waals surface area contributed by atoms with E-state index in [1.807, 2.05) is 54.5 Å². The summed E-state index contributed by atoms with van der Waals surface area (Å²) in [6.07, 6.45) is 6.92. The predicted octanol–water partition coefficient (Wildman–Crippen LogP) is 6.14. The number of carbonyl (C=O) groups excluding carboxylic acids is 1. The number of nitrogens with zero attached hydrogens (tertiary/aromatic N) is 3. The molecule has 0 unspecified atom stereocenters. The van der Waals surface area contributed by atoms with Crippen molar-refractivity contribution in [1.82, 2.24) is 14.5 Å². The third-order valence-electron chi connectivity index (χ3n) is 7.77. The number of carbonyl (C=O) groups is 1. The van der Waals surface area contributed by atoms with Crippen molar-refractivity contribution in [3.8, 4) is 22.6 Å². The summed E-state index contributed by atoms with van der Waals surface area (Å²) in [6.45, 7) is 3.60. The first kappa shape index (κ1) is 25.2. The molecule has 39 heavy (non-hydrogen) atoms. The zero-order valence-electron chi connectivity index (χ0n) is 22.5. The molecule has 1 amide bonds. The fraction of sp³-hybridized carbons (Fsp3) is 0.312. The number of hydrogen-bond donors (Lipinski definition) is 0. The van der Waals surface area contributed by atoms with Gasteiger partial charge in [0.15, 0.2) is 0 Å². The average Bonchev–Trinajstić information content (AvgIpc) is 3.68. The van der Waals surface area contributed by atoms with Gasteiger partial charge in [-0.2, -0.15) is 0 Å². The van der Waals surface area contributed by atoms with Crippen molar-refractivity contribution < 1.29 is 18.7 Å². The first-order valence-corrected chi connectivity index (χ1v) is 13.4. The summed E-state index contributed by atoms with van der Waals surface area (Å²) in [5.74, 6) is 2.74.